The molecule has 9 heteroatoms. The van der Waals surface area contributed by atoms with Crippen LogP contribution in [0.15, 0.2) is 82.8 Å². The molecule has 0 heterocycles. The van der Waals surface area contributed by atoms with Gasteiger partial charge in [0.15, 0.2) is 0 Å². The van der Waals surface area contributed by atoms with E-state index in [4.69, 9.17) is 11.6 Å². The molecule has 0 aliphatic heterocycles. The minimum Gasteiger partial charge on any atom is -0.378 e. The molecule has 0 spiro atoms. The molecule has 0 atom stereocenters. The van der Waals surface area contributed by atoms with Gasteiger partial charge in [-0.2, -0.15) is 5.10 Å². The topological polar surface area (TPSA) is 82.1 Å². The number of amides is 1. The summed E-state index contributed by atoms with van der Waals surface area (Å²) in [5, 5.41) is 4.37. The fourth-order valence-electron chi connectivity index (χ4n) is 2.97. The maximum atomic E-state index is 13.3. The van der Waals surface area contributed by atoms with Crippen LogP contribution in [0.5, 0.6) is 0 Å². The molecule has 3 aromatic carbocycles. The van der Waals surface area contributed by atoms with Gasteiger partial charge in [0, 0.05) is 24.8 Å². The van der Waals surface area contributed by atoms with E-state index in [9.17, 15) is 13.2 Å². The predicted octanol–water partition coefficient (Wildman–Crippen LogP) is 4.06. The molecule has 0 radical (unpaired) electrons. The lowest BCUT2D eigenvalue weighted by molar-refractivity contribution is -0.119. The van der Waals surface area contributed by atoms with E-state index in [0.29, 0.717) is 5.02 Å². The molecule has 3 rings (SSSR count). The van der Waals surface area contributed by atoms with Crippen LogP contribution in [0.2, 0.25) is 5.02 Å². The Labute approximate surface area is 199 Å². The Morgan fingerprint density at radius 2 is 1.64 bits per heavy atom. The highest BCUT2D eigenvalue weighted by molar-refractivity contribution is 7.92. The number of anilines is 2. The van der Waals surface area contributed by atoms with E-state index in [2.05, 4.69) is 10.5 Å². The van der Waals surface area contributed by atoms with Crippen molar-refractivity contribution >= 4 is 45.1 Å². The number of carbonyl (C=O) groups excluding carboxylic acids is 1. The Morgan fingerprint density at radius 1 is 1.00 bits per heavy atom. The summed E-state index contributed by atoms with van der Waals surface area (Å²) in [6.45, 7) is 1.35. The minimum atomic E-state index is -4.01. The zero-order chi connectivity index (χ0) is 24.0. The van der Waals surface area contributed by atoms with Crippen molar-refractivity contribution in [3.05, 3.63) is 88.9 Å². The van der Waals surface area contributed by atoms with E-state index < -0.39 is 22.5 Å². The number of halogens is 1. The molecule has 0 saturated heterocycles. The molecule has 0 aliphatic carbocycles. The number of nitrogens with one attached hydrogen (secondary N) is 1. The van der Waals surface area contributed by atoms with Crippen molar-refractivity contribution < 1.29 is 13.2 Å². The molecular formula is C24H25ClN4O3S. The Morgan fingerprint density at radius 3 is 2.24 bits per heavy atom. The van der Waals surface area contributed by atoms with E-state index in [0.717, 1.165) is 21.1 Å². The Bertz CT molecular complexity index is 1240. The van der Waals surface area contributed by atoms with Crippen molar-refractivity contribution in [3.8, 4) is 0 Å². The van der Waals surface area contributed by atoms with Gasteiger partial charge in [0.1, 0.15) is 6.54 Å². The molecule has 0 fully saturated rings. The van der Waals surface area contributed by atoms with E-state index in [-0.39, 0.29) is 10.6 Å². The first kappa shape index (κ1) is 24.3. The summed E-state index contributed by atoms with van der Waals surface area (Å²) in [5.41, 5.74) is 5.31. The molecule has 33 heavy (non-hydrogen) atoms. The second-order valence-electron chi connectivity index (χ2n) is 7.54. The Kier molecular flexibility index (Phi) is 7.73. The summed E-state index contributed by atoms with van der Waals surface area (Å²) in [7, 11) is -0.123. The third-order valence-corrected chi connectivity index (χ3v) is 7.07. The van der Waals surface area contributed by atoms with Gasteiger partial charge in [0.25, 0.3) is 15.9 Å². The summed E-state index contributed by atoms with van der Waals surface area (Å²) in [5.74, 6) is -0.590. The van der Waals surface area contributed by atoms with Gasteiger partial charge < -0.3 is 4.90 Å². The summed E-state index contributed by atoms with van der Waals surface area (Å²) < 4.78 is 27.6. The molecule has 0 bridgehead atoms. The van der Waals surface area contributed by atoms with Crippen molar-refractivity contribution in [2.24, 2.45) is 5.10 Å². The lowest BCUT2D eigenvalue weighted by Crippen LogP contribution is -2.39. The quantitative estimate of drug-likeness (QED) is 0.386. The van der Waals surface area contributed by atoms with Gasteiger partial charge in [-0.3, -0.25) is 9.10 Å². The Balaban J connectivity index is 1.81. The highest BCUT2D eigenvalue weighted by Crippen LogP contribution is 2.27. The number of carbonyl (C=O) groups is 1. The average Bonchev–Trinajstić information content (AvgIpc) is 2.80. The molecule has 3 aromatic rings. The Hall–Kier alpha value is -3.36. The second-order valence-corrected chi connectivity index (χ2v) is 9.81. The van der Waals surface area contributed by atoms with Crippen LogP contribution in [0, 0.1) is 6.92 Å². The zero-order valence-corrected chi connectivity index (χ0v) is 20.1. The van der Waals surface area contributed by atoms with Gasteiger partial charge in [-0.05, 0) is 54.4 Å². The summed E-state index contributed by atoms with van der Waals surface area (Å²) in [6, 6.07) is 20.4. The number of hydrazone groups is 1. The van der Waals surface area contributed by atoms with Crippen LogP contribution < -0.4 is 14.6 Å². The number of hydrogen-bond acceptors (Lipinski definition) is 5. The van der Waals surface area contributed by atoms with Crippen LogP contribution >= 0.6 is 11.6 Å². The fourth-order valence-corrected chi connectivity index (χ4v) is 4.58. The van der Waals surface area contributed by atoms with Crippen molar-refractivity contribution in [2.75, 3.05) is 29.8 Å². The lowest BCUT2D eigenvalue weighted by Gasteiger charge is -2.24. The lowest BCUT2D eigenvalue weighted by atomic mass is 10.2. The maximum Gasteiger partial charge on any atom is 0.264 e. The normalized spacial score (nSPS) is 11.4. The molecule has 1 N–H and O–H groups in total. The van der Waals surface area contributed by atoms with Crippen LogP contribution in [0.25, 0.3) is 0 Å². The molecule has 0 saturated carbocycles. The molecule has 7 nitrogen and oxygen atoms in total. The van der Waals surface area contributed by atoms with Crippen molar-refractivity contribution in [1.29, 1.82) is 0 Å². The summed E-state index contributed by atoms with van der Waals surface area (Å²) in [4.78, 5) is 14.7. The number of hydrogen-bond donors (Lipinski definition) is 1. The number of nitrogens with zero attached hydrogens (tertiary/aromatic N) is 3. The highest BCUT2D eigenvalue weighted by Gasteiger charge is 2.27. The van der Waals surface area contributed by atoms with Crippen LogP contribution in [0.3, 0.4) is 0 Å². The largest absolute Gasteiger partial charge is 0.378 e. The van der Waals surface area contributed by atoms with E-state index in [1.807, 2.05) is 50.2 Å². The predicted molar refractivity (Wildman–Crippen MR) is 134 cm³/mol. The number of sulfonamides is 1. The van der Waals surface area contributed by atoms with E-state index >= 15 is 0 Å². The molecule has 0 aliphatic rings. The molecule has 172 valence electrons. The van der Waals surface area contributed by atoms with Crippen LogP contribution in [0.4, 0.5) is 11.4 Å². The van der Waals surface area contributed by atoms with Gasteiger partial charge in [-0.25, -0.2) is 13.8 Å². The second kappa shape index (κ2) is 10.5. The molecule has 0 unspecified atom stereocenters. The first-order valence-electron chi connectivity index (χ1n) is 10.1. The van der Waals surface area contributed by atoms with Crippen molar-refractivity contribution in [2.45, 2.75) is 11.8 Å². The van der Waals surface area contributed by atoms with Gasteiger partial charge in [0.05, 0.1) is 16.8 Å². The maximum absolute atomic E-state index is 13.3. The van der Waals surface area contributed by atoms with Crippen LogP contribution in [0.1, 0.15) is 11.1 Å². The standard InChI is InChI=1S/C24H25ClN4O3S/c1-18-9-12-21(15-23(18)25)29(33(31,32)22-7-5-4-6-8-22)17-24(30)27-26-16-19-10-13-20(14-11-19)28(2)3/h4-16H,17H2,1-3H3,(H,27,30)/b26-16+. The minimum absolute atomic E-state index is 0.0685. The first-order chi connectivity index (χ1) is 15.7. The SMILES string of the molecule is Cc1ccc(N(CC(=O)N/N=C/c2ccc(N(C)C)cc2)S(=O)(=O)c2ccccc2)cc1Cl. The highest BCUT2D eigenvalue weighted by atomic mass is 35.5. The summed E-state index contributed by atoms with van der Waals surface area (Å²) in [6.07, 6.45) is 1.50. The number of rotatable bonds is 8. The number of aryl methyl sites for hydroxylation is 1. The molecule has 1 amide bonds. The van der Waals surface area contributed by atoms with Gasteiger partial charge in [0.2, 0.25) is 0 Å². The van der Waals surface area contributed by atoms with E-state index in [1.165, 1.54) is 24.4 Å². The van der Waals surface area contributed by atoms with Crippen molar-refractivity contribution in [3.63, 3.8) is 0 Å². The molecule has 0 aromatic heterocycles. The monoisotopic (exact) mass is 484 g/mol. The zero-order valence-electron chi connectivity index (χ0n) is 18.6. The summed E-state index contributed by atoms with van der Waals surface area (Å²) >= 11 is 6.22. The van der Waals surface area contributed by atoms with Gasteiger partial charge in [-0.1, -0.05) is 48.0 Å². The number of benzene rings is 3. The molecular weight excluding hydrogens is 460 g/mol. The van der Waals surface area contributed by atoms with E-state index in [1.54, 1.807) is 30.3 Å². The van der Waals surface area contributed by atoms with Gasteiger partial charge >= 0.3 is 0 Å². The average molecular weight is 485 g/mol. The van der Waals surface area contributed by atoms with Crippen LogP contribution in [-0.4, -0.2) is 41.2 Å². The van der Waals surface area contributed by atoms with Crippen molar-refractivity contribution in [1.82, 2.24) is 5.43 Å². The first-order valence-corrected chi connectivity index (χ1v) is 11.9. The fraction of sp³-hybridized carbons (Fsp3) is 0.167. The smallest absolute Gasteiger partial charge is 0.264 e. The third-order valence-electron chi connectivity index (χ3n) is 4.87. The van der Waals surface area contributed by atoms with Crippen LogP contribution in [-0.2, 0) is 14.8 Å². The third kappa shape index (κ3) is 6.12. The van der Waals surface area contributed by atoms with Gasteiger partial charge in [-0.15, -0.1) is 0 Å².